The molecule has 3 aromatic carbocycles. The minimum Gasteiger partial charge on any atom is -0.508 e. The van der Waals surface area contributed by atoms with Crippen LogP contribution in [-0.4, -0.2) is 32.1 Å². The molecule has 8 nitrogen and oxygen atoms in total. The van der Waals surface area contributed by atoms with E-state index >= 15 is 0 Å². The molecule has 1 heterocycles. The Kier molecular flexibility index (Phi) is 6.91. The number of nitrogens with one attached hydrogen (secondary N) is 1. The Bertz CT molecular complexity index is 1270. The molecule has 0 spiro atoms. The monoisotopic (exact) mass is 504 g/mol. The minimum atomic E-state index is -4.62. The minimum absolute atomic E-state index is 0.186. The van der Waals surface area contributed by atoms with E-state index in [0.29, 0.717) is 11.3 Å². The van der Waals surface area contributed by atoms with Gasteiger partial charge in [-0.05, 0) is 66.9 Å². The molecule has 184 valence electrons. The number of benzene rings is 3. The number of urea groups is 1. The molecule has 35 heavy (non-hydrogen) atoms. The lowest BCUT2D eigenvalue weighted by Gasteiger charge is -2.28. The number of hydrogen-bond donors (Lipinski definition) is 5. The second kappa shape index (κ2) is 9.75. The molecule has 0 unspecified atom stereocenters. The standard InChI is InChI=1S/C24H23F2N2O6P/c25-15-3-1-14(2-4-15)21(29)12-11-20-23(19-10-9-18(13-22(19)30)35(32,33)34)28(24(31)27-20)17-7-5-16(26)6-8-17/h1-10,13,20-21,23,29-30H,11-12H2,(H,27,31)(H2,32,33,34)/t20-,21+,23-/m1/s1. The van der Waals surface area contributed by atoms with Gasteiger partial charge in [0.25, 0.3) is 0 Å². The van der Waals surface area contributed by atoms with Gasteiger partial charge in [-0.15, -0.1) is 0 Å². The summed E-state index contributed by atoms with van der Waals surface area (Å²) < 4.78 is 38.3. The average molecular weight is 504 g/mol. The molecule has 0 aliphatic carbocycles. The Labute approximate surface area is 199 Å². The fraction of sp³-hybridized carbons (Fsp3) is 0.208. The zero-order chi connectivity index (χ0) is 25.3. The highest BCUT2D eigenvalue weighted by Gasteiger charge is 2.42. The molecule has 1 aliphatic rings. The number of nitrogens with zero attached hydrogens (tertiary/aromatic N) is 1. The second-order valence-electron chi connectivity index (χ2n) is 8.28. The van der Waals surface area contributed by atoms with Crippen LogP contribution in [0.1, 0.15) is 36.1 Å². The quantitative estimate of drug-likeness (QED) is 0.313. The first-order chi connectivity index (χ1) is 16.5. The van der Waals surface area contributed by atoms with Crippen molar-refractivity contribution in [3.63, 3.8) is 0 Å². The Balaban J connectivity index is 1.67. The van der Waals surface area contributed by atoms with Crippen LogP contribution in [0.15, 0.2) is 66.7 Å². The number of phenolic OH excluding ortho intramolecular Hbond substituents is 1. The predicted octanol–water partition coefficient (Wildman–Crippen LogP) is 3.63. The van der Waals surface area contributed by atoms with Gasteiger partial charge in [-0.1, -0.05) is 18.2 Å². The summed E-state index contributed by atoms with van der Waals surface area (Å²) in [6.45, 7) is 0. The number of rotatable bonds is 7. The number of halogens is 2. The van der Waals surface area contributed by atoms with Crippen molar-refractivity contribution >= 4 is 24.6 Å². The first kappa shape index (κ1) is 24.8. The van der Waals surface area contributed by atoms with E-state index in [1.54, 1.807) is 0 Å². The molecule has 3 aromatic rings. The van der Waals surface area contributed by atoms with Gasteiger partial charge in [-0.25, -0.2) is 13.6 Å². The topological polar surface area (TPSA) is 130 Å². The van der Waals surface area contributed by atoms with E-state index in [2.05, 4.69) is 5.32 Å². The largest absolute Gasteiger partial charge is 0.508 e. The first-order valence-corrected chi connectivity index (χ1v) is 12.3. The van der Waals surface area contributed by atoms with Crippen molar-refractivity contribution in [2.24, 2.45) is 0 Å². The molecular formula is C24H23F2N2O6P. The lowest BCUT2D eigenvalue weighted by molar-refractivity contribution is 0.159. The van der Waals surface area contributed by atoms with Crippen molar-refractivity contribution < 1.29 is 38.1 Å². The zero-order valence-corrected chi connectivity index (χ0v) is 19.1. The lowest BCUT2D eigenvalue weighted by atomic mass is 9.93. The van der Waals surface area contributed by atoms with Crippen molar-refractivity contribution in [3.8, 4) is 5.75 Å². The van der Waals surface area contributed by atoms with E-state index in [9.17, 15) is 38.1 Å². The van der Waals surface area contributed by atoms with Crippen molar-refractivity contribution in [1.29, 1.82) is 0 Å². The van der Waals surface area contributed by atoms with Crippen LogP contribution in [0, 0.1) is 11.6 Å². The van der Waals surface area contributed by atoms with E-state index in [4.69, 9.17) is 0 Å². The first-order valence-electron chi connectivity index (χ1n) is 10.7. The number of aliphatic hydroxyl groups excluding tert-OH is 1. The molecule has 0 bridgehead atoms. The zero-order valence-electron chi connectivity index (χ0n) is 18.3. The molecule has 0 aromatic heterocycles. The smallest absolute Gasteiger partial charge is 0.356 e. The maximum atomic E-state index is 13.5. The molecule has 4 rings (SSSR count). The molecular weight excluding hydrogens is 481 g/mol. The lowest BCUT2D eigenvalue weighted by Crippen LogP contribution is -2.30. The summed E-state index contributed by atoms with van der Waals surface area (Å²) in [5.41, 5.74) is 1.05. The number of carbonyl (C=O) groups excluding carboxylic acids is 1. The number of aromatic hydroxyl groups is 1. The number of carbonyl (C=O) groups is 1. The number of hydrogen-bond acceptors (Lipinski definition) is 4. The number of anilines is 1. The number of phenols is 1. The van der Waals surface area contributed by atoms with Gasteiger partial charge >= 0.3 is 13.6 Å². The Morgan fingerprint density at radius 2 is 1.57 bits per heavy atom. The third kappa shape index (κ3) is 5.36. The highest BCUT2D eigenvalue weighted by atomic mass is 31.2. The van der Waals surface area contributed by atoms with Gasteiger partial charge in [0.15, 0.2) is 0 Å². The fourth-order valence-corrected chi connectivity index (χ4v) is 4.79. The predicted molar refractivity (Wildman–Crippen MR) is 124 cm³/mol. The molecule has 2 amide bonds. The summed E-state index contributed by atoms with van der Waals surface area (Å²) in [6, 6.07) is 12.0. The van der Waals surface area contributed by atoms with E-state index in [-0.39, 0.29) is 23.7 Å². The van der Waals surface area contributed by atoms with Crippen molar-refractivity contribution in [3.05, 3.63) is 89.5 Å². The summed E-state index contributed by atoms with van der Waals surface area (Å²) in [6.07, 6.45) is -0.517. The van der Waals surface area contributed by atoms with E-state index in [1.807, 2.05) is 0 Å². The van der Waals surface area contributed by atoms with Crippen LogP contribution in [-0.2, 0) is 4.57 Å². The van der Waals surface area contributed by atoms with Crippen LogP contribution in [0.25, 0.3) is 0 Å². The van der Waals surface area contributed by atoms with Gasteiger partial charge in [-0.3, -0.25) is 9.46 Å². The van der Waals surface area contributed by atoms with Gasteiger partial charge in [-0.2, -0.15) is 0 Å². The maximum Gasteiger partial charge on any atom is 0.356 e. The van der Waals surface area contributed by atoms with Gasteiger partial charge in [0.1, 0.15) is 17.4 Å². The summed E-state index contributed by atoms with van der Waals surface area (Å²) in [5.74, 6) is -1.37. The van der Waals surface area contributed by atoms with E-state index in [1.165, 1.54) is 65.6 Å². The molecule has 1 fully saturated rings. The Morgan fingerprint density at radius 3 is 2.14 bits per heavy atom. The van der Waals surface area contributed by atoms with Crippen LogP contribution in [0.2, 0.25) is 0 Å². The summed E-state index contributed by atoms with van der Waals surface area (Å²) in [5, 5.41) is 23.6. The van der Waals surface area contributed by atoms with Gasteiger partial charge in [0, 0.05) is 11.3 Å². The molecule has 3 atom stereocenters. The van der Waals surface area contributed by atoms with Crippen LogP contribution >= 0.6 is 7.60 Å². The molecule has 1 saturated heterocycles. The Morgan fingerprint density at radius 1 is 0.971 bits per heavy atom. The molecule has 0 radical (unpaired) electrons. The molecule has 11 heteroatoms. The highest BCUT2D eigenvalue weighted by molar-refractivity contribution is 7.60. The summed E-state index contributed by atoms with van der Waals surface area (Å²) in [7, 11) is -4.62. The number of aliphatic hydroxyl groups is 1. The van der Waals surface area contributed by atoms with Crippen LogP contribution in [0.5, 0.6) is 5.75 Å². The van der Waals surface area contributed by atoms with E-state index in [0.717, 1.165) is 6.07 Å². The van der Waals surface area contributed by atoms with Gasteiger partial charge in [0.05, 0.1) is 23.5 Å². The van der Waals surface area contributed by atoms with Crippen molar-refractivity contribution in [1.82, 2.24) is 5.32 Å². The average Bonchev–Trinajstić information content (AvgIpc) is 3.13. The normalized spacial score (nSPS) is 19.0. The molecule has 0 saturated carbocycles. The summed E-state index contributed by atoms with van der Waals surface area (Å²) in [4.78, 5) is 33.1. The van der Waals surface area contributed by atoms with Crippen molar-refractivity contribution in [2.75, 3.05) is 4.90 Å². The van der Waals surface area contributed by atoms with Crippen LogP contribution in [0.4, 0.5) is 19.3 Å². The Hall–Kier alpha value is -3.30. The third-order valence-electron chi connectivity index (χ3n) is 5.97. The van der Waals surface area contributed by atoms with Crippen molar-refractivity contribution in [2.45, 2.75) is 31.0 Å². The third-order valence-corrected chi connectivity index (χ3v) is 6.92. The van der Waals surface area contributed by atoms with Crippen LogP contribution < -0.4 is 15.5 Å². The summed E-state index contributed by atoms with van der Waals surface area (Å²) >= 11 is 0. The SMILES string of the molecule is O=C1N[C@H](CC[C@H](O)c2ccc(F)cc2)[C@@H](c2ccc(P(=O)(O)O)cc2O)N1c1ccc(F)cc1. The van der Waals surface area contributed by atoms with Crippen LogP contribution in [0.3, 0.4) is 0 Å². The number of amides is 2. The van der Waals surface area contributed by atoms with Gasteiger partial charge < -0.3 is 25.3 Å². The molecule has 1 aliphatic heterocycles. The fourth-order valence-electron chi connectivity index (χ4n) is 4.23. The van der Waals surface area contributed by atoms with Gasteiger partial charge in [0.2, 0.25) is 0 Å². The second-order valence-corrected chi connectivity index (χ2v) is 9.88. The molecule has 5 N–H and O–H groups in total. The maximum absolute atomic E-state index is 13.5. The highest BCUT2D eigenvalue weighted by Crippen LogP contribution is 2.42. The van der Waals surface area contributed by atoms with E-state index < -0.39 is 49.2 Å².